The van der Waals surface area contributed by atoms with Gasteiger partial charge < -0.3 is 19.0 Å². The van der Waals surface area contributed by atoms with Crippen molar-refractivity contribution in [1.29, 1.82) is 0 Å². The second-order valence-corrected chi connectivity index (χ2v) is 21.5. The van der Waals surface area contributed by atoms with Gasteiger partial charge in [0.2, 0.25) is 5.69 Å². The van der Waals surface area contributed by atoms with Crippen LogP contribution in [0, 0.1) is 6.92 Å². The zero-order valence-corrected chi connectivity index (χ0v) is 38.6. The summed E-state index contributed by atoms with van der Waals surface area (Å²) in [7, 11) is 8.90. The highest BCUT2D eigenvalue weighted by Gasteiger charge is 2.45. The van der Waals surface area contributed by atoms with Crippen molar-refractivity contribution in [2.45, 2.75) is 82.4 Å². The van der Waals surface area contributed by atoms with E-state index in [9.17, 15) is 22.9 Å². The molecule has 1 aliphatic carbocycles. The van der Waals surface area contributed by atoms with Crippen molar-refractivity contribution in [2.24, 2.45) is 0 Å². The summed E-state index contributed by atoms with van der Waals surface area (Å²) in [6.45, 7) is 14.8. The van der Waals surface area contributed by atoms with Gasteiger partial charge in [0.15, 0.2) is 12.3 Å². The lowest BCUT2D eigenvalue weighted by atomic mass is 9.79. The Balaban J connectivity index is 1.49. The Morgan fingerprint density at radius 2 is 1.48 bits per heavy atom. The minimum absolute atomic E-state index is 0.104. The summed E-state index contributed by atoms with van der Waals surface area (Å²) < 4.78 is 38.6. The zero-order valence-electron chi connectivity index (χ0n) is 37.8. The van der Waals surface area contributed by atoms with Gasteiger partial charge in [-0.05, 0) is 104 Å². The Kier molecular flexibility index (Phi) is 12.5. The van der Waals surface area contributed by atoms with E-state index in [0.717, 1.165) is 95.3 Å². The first-order chi connectivity index (χ1) is 27.9. The summed E-state index contributed by atoms with van der Waals surface area (Å²) in [6, 6.07) is 19.0. The fourth-order valence-electron chi connectivity index (χ4n) is 9.26. The normalized spacial score (nSPS) is 19.2. The molecule has 2 aliphatic heterocycles. The average Bonchev–Trinajstić information content (AvgIpc) is 3.48. The second kappa shape index (κ2) is 16.7. The van der Waals surface area contributed by atoms with Crippen molar-refractivity contribution in [3.8, 4) is 0 Å². The van der Waals surface area contributed by atoms with Gasteiger partial charge in [-0.15, -0.1) is 0 Å². The van der Waals surface area contributed by atoms with Crippen molar-refractivity contribution in [3.05, 3.63) is 130 Å². The van der Waals surface area contributed by atoms with E-state index in [4.69, 9.17) is 0 Å². The summed E-state index contributed by atoms with van der Waals surface area (Å²) in [4.78, 5) is 14.4. The zero-order chi connectivity index (χ0) is 44.0. The number of carbonyl (C=O) groups is 1. The number of carboxylic acid groups (broad SMARTS) is 1. The highest BCUT2D eigenvalue weighted by molar-refractivity contribution is 7.85. The van der Waals surface area contributed by atoms with Gasteiger partial charge in [0.25, 0.3) is 10.1 Å². The third kappa shape index (κ3) is 9.62. The number of hydrogen-bond acceptors (Lipinski definition) is 4. The molecule has 0 atom stereocenters. The molecular weight excluding hydrogens is 769 g/mol. The molecule has 0 spiro atoms. The van der Waals surface area contributed by atoms with E-state index in [0.29, 0.717) is 0 Å². The summed E-state index contributed by atoms with van der Waals surface area (Å²) in [6.07, 6.45) is 13.8. The van der Waals surface area contributed by atoms with Crippen molar-refractivity contribution in [3.63, 3.8) is 0 Å². The molecule has 0 saturated carbocycles. The van der Waals surface area contributed by atoms with Crippen LogP contribution in [0.15, 0.2) is 107 Å². The molecule has 0 radical (unpaired) electrons. The molecule has 2 heterocycles. The van der Waals surface area contributed by atoms with Crippen LogP contribution >= 0.6 is 0 Å². The number of fused-ring (bicyclic) bond motifs is 2. The lowest BCUT2D eigenvalue weighted by molar-refractivity contribution is -0.871. The van der Waals surface area contributed by atoms with Gasteiger partial charge in [0.05, 0.1) is 77.7 Å². The van der Waals surface area contributed by atoms with Crippen molar-refractivity contribution < 1.29 is 36.4 Å². The number of rotatable bonds is 14. The third-order valence-electron chi connectivity index (χ3n) is 12.5. The molecule has 0 fully saturated rings. The Bertz CT molecular complexity index is 2440. The van der Waals surface area contributed by atoms with Crippen LogP contribution in [-0.4, -0.2) is 112 Å². The van der Waals surface area contributed by atoms with Crippen LogP contribution in [0.2, 0.25) is 0 Å². The fourth-order valence-corrected chi connectivity index (χ4v) is 9.77. The number of quaternary nitrogens is 2. The van der Waals surface area contributed by atoms with Gasteiger partial charge in [0.1, 0.15) is 0 Å². The van der Waals surface area contributed by atoms with Crippen LogP contribution in [0.5, 0.6) is 0 Å². The summed E-state index contributed by atoms with van der Waals surface area (Å²) in [5, 5.41) is 9.78. The first-order valence-corrected chi connectivity index (χ1v) is 22.8. The second-order valence-electron chi connectivity index (χ2n) is 20.1. The molecule has 9 nitrogen and oxygen atoms in total. The molecular formula is C50H67N4O5S+3. The SMILES string of the molecule is Cc1ccc2c(c1)C(C)(C)/C(=C\C=C1/CCCC(/C=C/C3=[N+](CCC[N+](C)(C)C)c4ccc(S(=O)(=O)O)cc4C3(C)C)=C1c1ccc(C(=O)O)cc1)N2CCC[N+](C)(C)C. The molecule has 0 saturated heterocycles. The van der Waals surface area contributed by atoms with Crippen LogP contribution < -0.4 is 4.90 Å². The maximum Gasteiger partial charge on any atom is 0.335 e. The largest absolute Gasteiger partial charge is 0.478 e. The van der Waals surface area contributed by atoms with Crippen molar-refractivity contribution in [1.82, 2.24) is 0 Å². The first-order valence-electron chi connectivity index (χ1n) is 21.3. The van der Waals surface area contributed by atoms with Crippen molar-refractivity contribution >= 4 is 38.7 Å². The number of anilines is 1. The van der Waals surface area contributed by atoms with E-state index in [1.54, 1.807) is 18.2 Å². The van der Waals surface area contributed by atoms with Crippen LogP contribution in [0.25, 0.3) is 5.57 Å². The lowest BCUT2D eigenvalue weighted by Gasteiger charge is -2.29. The molecule has 60 heavy (non-hydrogen) atoms. The maximum atomic E-state index is 12.3. The molecule has 3 aromatic carbocycles. The van der Waals surface area contributed by atoms with Crippen molar-refractivity contribution in [2.75, 3.05) is 73.4 Å². The Hall–Kier alpha value is -4.61. The number of benzene rings is 3. The molecule has 3 aromatic rings. The molecule has 0 amide bonds. The first kappa shape index (κ1) is 44.9. The van der Waals surface area contributed by atoms with Crippen LogP contribution in [0.3, 0.4) is 0 Å². The fraction of sp³-hybridized carbons (Fsp3) is 0.440. The summed E-state index contributed by atoms with van der Waals surface area (Å²) in [5.41, 5.74) is 12.0. The van der Waals surface area contributed by atoms with Gasteiger partial charge in [0, 0.05) is 47.5 Å². The van der Waals surface area contributed by atoms with E-state index in [-0.39, 0.29) is 15.9 Å². The standard InChI is InChI=1S/C50H65N4O5S/c1-35-17-25-43-41(33-35)49(2,3)45(51(43)29-13-31-53(6,7)8)27-22-36-15-12-16-37(47(36)38-18-20-39(21-19-38)48(55)56)23-28-46-50(4,5)42-34-40(60(57,58)59)24-26-44(42)52(46)30-14-32-54(9,10)11/h17-28,33-34H,12-16,29-32H2,1-11H3/q+1/p+2. The molecule has 10 heteroatoms. The number of aryl methyl sites for hydroxylation is 1. The summed E-state index contributed by atoms with van der Waals surface area (Å²) >= 11 is 0. The van der Waals surface area contributed by atoms with E-state index in [2.05, 4.69) is 129 Å². The molecule has 0 bridgehead atoms. The van der Waals surface area contributed by atoms with Crippen LogP contribution in [0.1, 0.15) is 92.4 Å². The number of allylic oxidation sites excluding steroid dienone is 8. The number of aromatic carboxylic acids is 1. The van der Waals surface area contributed by atoms with Gasteiger partial charge in [-0.3, -0.25) is 4.55 Å². The lowest BCUT2D eigenvalue weighted by Crippen LogP contribution is -2.37. The number of carboxylic acids is 1. The van der Waals surface area contributed by atoms with E-state index in [1.165, 1.54) is 39.7 Å². The third-order valence-corrected chi connectivity index (χ3v) is 13.3. The Labute approximate surface area is 359 Å². The molecule has 320 valence electrons. The molecule has 2 N–H and O–H groups in total. The smallest absolute Gasteiger partial charge is 0.335 e. The monoisotopic (exact) mass is 835 g/mol. The molecule has 0 aromatic heterocycles. The highest BCUT2D eigenvalue weighted by Crippen LogP contribution is 2.49. The van der Waals surface area contributed by atoms with E-state index in [1.807, 2.05) is 18.2 Å². The van der Waals surface area contributed by atoms with Gasteiger partial charge in [-0.25, -0.2) is 4.79 Å². The van der Waals surface area contributed by atoms with Crippen LogP contribution in [-0.2, 0) is 20.9 Å². The molecule has 6 rings (SSSR count). The van der Waals surface area contributed by atoms with E-state index < -0.39 is 21.5 Å². The number of hydrogen-bond donors (Lipinski definition) is 2. The maximum absolute atomic E-state index is 12.3. The minimum atomic E-state index is -4.39. The number of nitrogens with zero attached hydrogens (tertiary/aromatic N) is 4. The predicted molar refractivity (Wildman–Crippen MR) is 245 cm³/mol. The quantitative estimate of drug-likeness (QED) is 0.0955. The van der Waals surface area contributed by atoms with Gasteiger partial charge in [-0.2, -0.15) is 13.0 Å². The molecule has 3 aliphatic rings. The molecule has 0 unspecified atom stereocenters. The van der Waals surface area contributed by atoms with Gasteiger partial charge >= 0.3 is 5.97 Å². The topological polar surface area (TPSA) is 97.9 Å². The highest BCUT2D eigenvalue weighted by atomic mass is 32.2. The Morgan fingerprint density at radius 3 is 2.12 bits per heavy atom. The Morgan fingerprint density at radius 1 is 0.817 bits per heavy atom. The average molecular weight is 836 g/mol. The minimum Gasteiger partial charge on any atom is -0.478 e. The van der Waals surface area contributed by atoms with Crippen LogP contribution in [0.4, 0.5) is 11.4 Å². The summed E-state index contributed by atoms with van der Waals surface area (Å²) in [5.74, 6) is -0.953. The van der Waals surface area contributed by atoms with E-state index >= 15 is 0 Å². The van der Waals surface area contributed by atoms with Gasteiger partial charge in [-0.1, -0.05) is 55.8 Å². The predicted octanol–water partition coefficient (Wildman–Crippen LogP) is 9.31.